The average Bonchev–Trinajstić information content (AvgIpc) is 2.42. The van der Waals surface area contributed by atoms with Crippen molar-refractivity contribution in [3.63, 3.8) is 0 Å². The second-order valence-electron chi connectivity index (χ2n) is 4.75. The van der Waals surface area contributed by atoms with Gasteiger partial charge in [0.15, 0.2) is 0 Å². The first-order valence-electron chi connectivity index (χ1n) is 6.68. The highest BCUT2D eigenvalue weighted by Crippen LogP contribution is 2.18. The molecule has 0 aliphatic carbocycles. The number of nitrogens with zero attached hydrogens (tertiary/aromatic N) is 1. The van der Waals surface area contributed by atoms with E-state index in [4.69, 9.17) is 9.84 Å². The summed E-state index contributed by atoms with van der Waals surface area (Å²) >= 11 is 3.37. The van der Waals surface area contributed by atoms with Crippen molar-refractivity contribution in [1.29, 1.82) is 0 Å². The molecule has 0 bridgehead atoms. The van der Waals surface area contributed by atoms with Crippen LogP contribution in [-0.2, 0) is 9.59 Å². The number of piperazine rings is 1. The number of amides is 1. The molecule has 2 N–H and O–H groups in total. The number of hydrogen-bond acceptors (Lipinski definition) is 4. The van der Waals surface area contributed by atoms with Gasteiger partial charge in [-0.1, -0.05) is 22.0 Å². The summed E-state index contributed by atoms with van der Waals surface area (Å²) in [6.45, 7) is 2.08. The smallest absolute Gasteiger partial charge is 0.305 e. The van der Waals surface area contributed by atoms with Gasteiger partial charge in [-0.05, 0) is 18.2 Å². The van der Waals surface area contributed by atoms with Crippen LogP contribution < -0.4 is 10.1 Å². The number of carbonyl (C=O) groups excluding carboxylic acids is 1. The van der Waals surface area contributed by atoms with Gasteiger partial charge in [-0.3, -0.25) is 14.5 Å². The highest BCUT2D eigenvalue weighted by molar-refractivity contribution is 9.10. The summed E-state index contributed by atoms with van der Waals surface area (Å²) in [5, 5.41) is 11.6. The predicted octanol–water partition coefficient (Wildman–Crippen LogP) is 1.10. The van der Waals surface area contributed by atoms with E-state index in [-0.39, 0.29) is 12.3 Å². The minimum Gasteiger partial charge on any atom is -0.492 e. The van der Waals surface area contributed by atoms with E-state index in [1.54, 1.807) is 0 Å². The molecule has 0 radical (unpaired) electrons. The number of nitrogens with one attached hydrogen (secondary N) is 1. The number of halogens is 1. The van der Waals surface area contributed by atoms with Crippen LogP contribution in [0, 0.1) is 0 Å². The first-order valence-corrected chi connectivity index (χ1v) is 7.47. The van der Waals surface area contributed by atoms with E-state index in [1.165, 1.54) is 0 Å². The predicted molar refractivity (Wildman–Crippen MR) is 80.3 cm³/mol. The largest absolute Gasteiger partial charge is 0.492 e. The second kappa shape index (κ2) is 7.42. The number of hydrogen-bond donors (Lipinski definition) is 2. The van der Waals surface area contributed by atoms with E-state index in [0.29, 0.717) is 26.2 Å². The monoisotopic (exact) mass is 356 g/mol. The lowest BCUT2D eigenvalue weighted by atomic mass is 10.1. The van der Waals surface area contributed by atoms with Crippen LogP contribution in [0.15, 0.2) is 28.7 Å². The third-order valence-electron chi connectivity index (χ3n) is 3.25. The second-order valence-corrected chi connectivity index (χ2v) is 5.66. The third-order valence-corrected chi connectivity index (χ3v) is 3.75. The Morgan fingerprint density at radius 3 is 3.05 bits per heavy atom. The quantitative estimate of drug-likeness (QED) is 0.797. The Hall–Kier alpha value is -1.60. The van der Waals surface area contributed by atoms with Crippen LogP contribution in [0.3, 0.4) is 0 Å². The Balaban J connectivity index is 1.88. The van der Waals surface area contributed by atoms with Crippen LogP contribution in [0.1, 0.15) is 6.42 Å². The summed E-state index contributed by atoms with van der Waals surface area (Å²) in [6, 6.07) is 6.87. The maximum Gasteiger partial charge on any atom is 0.305 e. The minimum atomic E-state index is -0.977. The van der Waals surface area contributed by atoms with E-state index < -0.39 is 12.0 Å². The first-order chi connectivity index (χ1) is 10.1. The van der Waals surface area contributed by atoms with Crippen molar-refractivity contribution in [1.82, 2.24) is 10.2 Å². The number of carbonyl (C=O) groups is 2. The highest BCUT2D eigenvalue weighted by atomic mass is 79.9. The summed E-state index contributed by atoms with van der Waals surface area (Å²) in [5.74, 6) is -0.471. The molecule has 1 unspecified atom stereocenters. The molecule has 1 aromatic carbocycles. The molecule has 1 aliphatic heterocycles. The van der Waals surface area contributed by atoms with Gasteiger partial charge in [-0.2, -0.15) is 0 Å². The Kier molecular flexibility index (Phi) is 5.58. The standard InChI is InChI=1S/C14H17BrN2O4/c15-10-2-1-3-11(8-10)21-7-6-17-5-4-16-14(20)12(17)9-13(18)19/h1-3,8,12H,4-7,9H2,(H,16,20)(H,18,19). The van der Waals surface area contributed by atoms with E-state index in [0.717, 1.165) is 10.2 Å². The molecule has 1 heterocycles. The fourth-order valence-corrected chi connectivity index (χ4v) is 2.63. The Morgan fingerprint density at radius 1 is 1.52 bits per heavy atom. The molecule has 1 atom stereocenters. The topological polar surface area (TPSA) is 78.9 Å². The Morgan fingerprint density at radius 2 is 2.33 bits per heavy atom. The van der Waals surface area contributed by atoms with Crippen molar-refractivity contribution in [2.75, 3.05) is 26.2 Å². The van der Waals surface area contributed by atoms with E-state index >= 15 is 0 Å². The van der Waals surface area contributed by atoms with Crippen molar-refractivity contribution in [3.8, 4) is 5.75 Å². The van der Waals surface area contributed by atoms with Crippen molar-refractivity contribution < 1.29 is 19.4 Å². The summed E-state index contributed by atoms with van der Waals surface area (Å²) in [7, 11) is 0. The Labute approximate surface area is 131 Å². The van der Waals surface area contributed by atoms with Gasteiger partial charge in [0, 0.05) is 24.1 Å². The van der Waals surface area contributed by atoms with Gasteiger partial charge in [0.05, 0.1) is 12.5 Å². The lowest BCUT2D eigenvalue weighted by Crippen LogP contribution is -2.56. The van der Waals surface area contributed by atoms with Gasteiger partial charge in [-0.25, -0.2) is 0 Å². The molecular weight excluding hydrogens is 340 g/mol. The van der Waals surface area contributed by atoms with E-state index in [2.05, 4.69) is 21.2 Å². The lowest BCUT2D eigenvalue weighted by molar-refractivity contribution is -0.143. The molecule has 1 fully saturated rings. The fourth-order valence-electron chi connectivity index (χ4n) is 2.25. The number of rotatable bonds is 6. The van der Waals surface area contributed by atoms with Gasteiger partial charge in [0.25, 0.3) is 0 Å². The number of aliphatic carboxylic acids is 1. The zero-order valence-electron chi connectivity index (χ0n) is 11.4. The number of carboxylic acids is 1. The van der Waals surface area contributed by atoms with Gasteiger partial charge in [0.2, 0.25) is 5.91 Å². The van der Waals surface area contributed by atoms with Crippen LogP contribution >= 0.6 is 15.9 Å². The zero-order valence-corrected chi connectivity index (χ0v) is 13.0. The molecule has 0 saturated carbocycles. The van der Waals surface area contributed by atoms with Gasteiger partial charge >= 0.3 is 5.97 Å². The summed E-state index contributed by atoms with van der Waals surface area (Å²) in [6.07, 6.45) is -0.192. The van der Waals surface area contributed by atoms with Gasteiger partial charge in [-0.15, -0.1) is 0 Å². The molecule has 1 aromatic rings. The first kappa shape index (κ1) is 15.8. The van der Waals surface area contributed by atoms with Crippen molar-refractivity contribution in [3.05, 3.63) is 28.7 Å². The summed E-state index contributed by atoms with van der Waals surface area (Å²) < 4.78 is 6.56. The Bertz CT molecular complexity index is 523. The number of ether oxygens (including phenoxy) is 1. The molecule has 1 amide bonds. The molecule has 0 aromatic heterocycles. The van der Waals surface area contributed by atoms with Crippen LogP contribution in [0.5, 0.6) is 5.75 Å². The molecule has 1 saturated heterocycles. The molecule has 7 heteroatoms. The minimum absolute atomic E-state index is 0.192. The number of benzene rings is 1. The molecule has 1 aliphatic rings. The van der Waals surface area contributed by atoms with Crippen molar-refractivity contribution in [2.45, 2.75) is 12.5 Å². The van der Waals surface area contributed by atoms with Crippen LogP contribution in [0.4, 0.5) is 0 Å². The van der Waals surface area contributed by atoms with Crippen molar-refractivity contribution >= 4 is 27.8 Å². The van der Waals surface area contributed by atoms with Crippen LogP contribution in [-0.4, -0.2) is 54.2 Å². The SMILES string of the molecule is O=C(O)CC1C(=O)NCCN1CCOc1cccc(Br)c1. The molecule has 6 nitrogen and oxygen atoms in total. The molecule has 21 heavy (non-hydrogen) atoms. The van der Waals surface area contributed by atoms with E-state index in [9.17, 15) is 9.59 Å². The molecule has 114 valence electrons. The normalized spacial score (nSPS) is 19.1. The highest BCUT2D eigenvalue weighted by Gasteiger charge is 2.31. The zero-order chi connectivity index (χ0) is 15.2. The third kappa shape index (κ3) is 4.71. The summed E-state index contributed by atoms with van der Waals surface area (Å²) in [4.78, 5) is 24.5. The number of carboxylic acid groups (broad SMARTS) is 1. The summed E-state index contributed by atoms with van der Waals surface area (Å²) in [5.41, 5.74) is 0. The fraction of sp³-hybridized carbons (Fsp3) is 0.429. The lowest BCUT2D eigenvalue weighted by Gasteiger charge is -2.33. The maximum atomic E-state index is 11.8. The van der Waals surface area contributed by atoms with Gasteiger partial charge < -0.3 is 15.2 Å². The van der Waals surface area contributed by atoms with Gasteiger partial charge in [0.1, 0.15) is 12.4 Å². The molecular formula is C14H17BrN2O4. The van der Waals surface area contributed by atoms with E-state index in [1.807, 2.05) is 29.2 Å². The van der Waals surface area contributed by atoms with Crippen molar-refractivity contribution in [2.24, 2.45) is 0 Å². The van der Waals surface area contributed by atoms with Crippen LogP contribution in [0.2, 0.25) is 0 Å². The van der Waals surface area contributed by atoms with Crippen LogP contribution in [0.25, 0.3) is 0 Å². The molecule has 2 rings (SSSR count). The average molecular weight is 357 g/mol. The maximum absolute atomic E-state index is 11.8. The molecule has 0 spiro atoms.